The van der Waals surface area contributed by atoms with Gasteiger partial charge in [0.05, 0.1) is 6.54 Å². The monoisotopic (exact) mass is 231 g/mol. The van der Waals surface area contributed by atoms with Crippen molar-refractivity contribution in [2.24, 2.45) is 0 Å². The normalized spacial score (nSPS) is 9.60. The number of halogens is 1. The van der Waals surface area contributed by atoms with Gasteiger partial charge >= 0.3 is 0 Å². The molecule has 0 atom stereocenters. The molecule has 0 unspecified atom stereocenters. The first-order valence-electron chi connectivity index (χ1n) is 4.30. The highest BCUT2D eigenvalue weighted by Gasteiger charge is 2.05. The minimum absolute atomic E-state index is 0. The van der Waals surface area contributed by atoms with Crippen molar-refractivity contribution in [3.63, 3.8) is 0 Å². The first-order chi connectivity index (χ1) is 6.59. The zero-order chi connectivity index (χ0) is 10.6. The zero-order valence-corrected chi connectivity index (χ0v) is 9.12. The van der Waals surface area contributed by atoms with Gasteiger partial charge in [0.1, 0.15) is 0 Å². The third-order valence-electron chi connectivity index (χ3n) is 1.76. The summed E-state index contributed by atoms with van der Waals surface area (Å²) < 4.78 is 0. The van der Waals surface area contributed by atoms with Gasteiger partial charge in [0.25, 0.3) is 5.91 Å². The number of carbonyl (C=O) groups excluding carboxylic acids is 1. The summed E-state index contributed by atoms with van der Waals surface area (Å²) in [7, 11) is 0. The van der Waals surface area contributed by atoms with Gasteiger partial charge in [-0.2, -0.15) is 0 Å². The van der Waals surface area contributed by atoms with Crippen molar-refractivity contribution in [2.45, 2.75) is 13.2 Å². The summed E-state index contributed by atoms with van der Waals surface area (Å²) >= 11 is 0. The Balaban J connectivity index is 0.00000196. The van der Waals surface area contributed by atoms with E-state index in [2.05, 4.69) is 5.32 Å². The summed E-state index contributed by atoms with van der Waals surface area (Å²) in [6.45, 7) is 1.77. The van der Waals surface area contributed by atoms with Crippen LogP contribution in [0.1, 0.15) is 15.9 Å². The Labute approximate surface area is 94.3 Å². The molecular weight excluding hydrogens is 218 g/mol. The number of hydrogen-bond donors (Lipinski definition) is 3. The quantitative estimate of drug-likeness (QED) is 0.662. The van der Waals surface area contributed by atoms with Crippen molar-refractivity contribution in [1.82, 2.24) is 5.32 Å². The Bertz CT molecular complexity index is 311. The predicted molar refractivity (Wildman–Crippen MR) is 59.0 cm³/mol. The lowest BCUT2D eigenvalue weighted by Gasteiger charge is -2.06. The summed E-state index contributed by atoms with van der Waals surface area (Å²) in [5.74, 6) is -0.307. The van der Waals surface area contributed by atoms with E-state index in [0.29, 0.717) is 5.56 Å². The Morgan fingerprint density at radius 2 is 1.87 bits per heavy atom. The number of hydrogen-bond acceptors (Lipinski definition) is 3. The van der Waals surface area contributed by atoms with E-state index in [1.165, 1.54) is 0 Å². The fraction of sp³-hybridized carbons (Fsp3) is 0.300. The van der Waals surface area contributed by atoms with Crippen LogP contribution in [0.25, 0.3) is 0 Å². The second-order valence-electron chi connectivity index (χ2n) is 3.06. The summed E-state index contributed by atoms with van der Waals surface area (Å²) in [4.78, 5) is 11.3. The summed E-state index contributed by atoms with van der Waals surface area (Å²) in [5.41, 5.74) is 1.58. The zero-order valence-electron chi connectivity index (χ0n) is 8.30. The van der Waals surface area contributed by atoms with E-state index in [-0.39, 0.29) is 24.9 Å². The molecule has 15 heavy (non-hydrogen) atoms. The van der Waals surface area contributed by atoms with Crippen molar-refractivity contribution < 1.29 is 15.0 Å². The highest BCUT2D eigenvalue weighted by Crippen LogP contribution is 2.02. The number of aryl methyl sites for hydroxylation is 1. The van der Waals surface area contributed by atoms with Gasteiger partial charge in [-0.15, -0.1) is 12.4 Å². The van der Waals surface area contributed by atoms with E-state index < -0.39 is 6.29 Å². The number of nitrogens with one attached hydrogen (secondary N) is 1. The summed E-state index contributed by atoms with van der Waals surface area (Å²) in [6, 6.07) is 7.03. The molecule has 0 aliphatic rings. The molecule has 1 aromatic rings. The van der Waals surface area contributed by atoms with Crippen LogP contribution in [0.5, 0.6) is 0 Å². The van der Waals surface area contributed by atoms with Gasteiger partial charge in [0, 0.05) is 5.56 Å². The van der Waals surface area contributed by atoms with Crippen LogP contribution < -0.4 is 5.32 Å². The van der Waals surface area contributed by atoms with Gasteiger partial charge < -0.3 is 15.5 Å². The van der Waals surface area contributed by atoms with Gasteiger partial charge in [0.2, 0.25) is 0 Å². The van der Waals surface area contributed by atoms with Gasteiger partial charge in [0.15, 0.2) is 6.29 Å². The molecule has 0 saturated carbocycles. The molecule has 0 saturated heterocycles. The molecule has 3 N–H and O–H groups in total. The van der Waals surface area contributed by atoms with E-state index in [1.54, 1.807) is 12.1 Å². The number of carbonyl (C=O) groups is 1. The van der Waals surface area contributed by atoms with E-state index in [9.17, 15) is 4.79 Å². The lowest BCUT2D eigenvalue weighted by molar-refractivity contribution is -0.0361. The van der Waals surface area contributed by atoms with Crippen LogP contribution in [0.3, 0.4) is 0 Å². The lowest BCUT2D eigenvalue weighted by Crippen LogP contribution is -2.31. The lowest BCUT2D eigenvalue weighted by atomic mass is 10.1. The molecule has 0 spiro atoms. The molecule has 84 valence electrons. The molecule has 1 amide bonds. The first kappa shape index (κ1) is 13.9. The molecule has 1 rings (SSSR count). The highest BCUT2D eigenvalue weighted by molar-refractivity contribution is 5.94. The maximum atomic E-state index is 11.3. The highest BCUT2D eigenvalue weighted by atomic mass is 35.5. The van der Waals surface area contributed by atoms with Crippen molar-refractivity contribution in [3.8, 4) is 0 Å². The number of amides is 1. The number of rotatable bonds is 3. The van der Waals surface area contributed by atoms with Gasteiger partial charge in [-0.3, -0.25) is 4.79 Å². The molecule has 4 nitrogen and oxygen atoms in total. The third kappa shape index (κ3) is 4.78. The molecule has 0 aliphatic carbocycles. The Morgan fingerprint density at radius 3 is 2.33 bits per heavy atom. The van der Waals surface area contributed by atoms with Crippen LogP contribution in [0.2, 0.25) is 0 Å². The molecule has 1 aromatic carbocycles. The van der Waals surface area contributed by atoms with Crippen LogP contribution in [0.15, 0.2) is 24.3 Å². The van der Waals surface area contributed by atoms with Crippen LogP contribution in [0, 0.1) is 6.92 Å². The minimum Gasteiger partial charge on any atom is -0.367 e. The smallest absolute Gasteiger partial charge is 0.251 e. The second-order valence-corrected chi connectivity index (χ2v) is 3.06. The van der Waals surface area contributed by atoms with Gasteiger partial charge in [-0.25, -0.2) is 0 Å². The first-order valence-corrected chi connectivity index (χ1v) is 4.30. The molecular formula is C10H14ClNO3. The van der Waals surface area contributed by atoms with E-state index in [1.807, 2.05) is 19.1 Å². The summed E-state index contributed by atoms with van der Waals surface area (Å²) in [5, 5.41) is 19.4. The van der Waals surface area contributed by atoms with Gasteiger partial charge in [-0.1, -0.05) is 17.7 Å². The molecule has 0 aromatic heterocycles. The van der Waals surface area contributed by atoms with Crippen molar-refractivity contribution in [1.29, 1.82) is 0 Å². The van der Waals surface area contributed by atoms with Crippen LogP contribution >= 0.6 is 12.4 Å². The van der Waals surface area contributed by atoms with E-state index >= 15 is 0 Å². The Hall–Kier alpha value is -1.10. The average Bonchev–Trinajstić information content (AvgIpc) is 2.15. The third-order valence-corrected chi connectivity index (χ3v) is 1.76. The Kier molecular flexibility index (Phi) is 5.93. The van der Waals surface area contributed by atoms with Crippen LogP contribution in [0.4, 0.5) is 0 Å². The predicted octanol–water partition coefficient (Wildman–Crippen LogP) is 0.457. The molecule has 0 radical (unpaired) electrons. The van der Waals surface area contributed by atoms with Crippen molar-refractivity contribution in [3.05, 3.63) is 35.4 Å². The minimum atomic E-state index is -1.51. The average molecular weight is 232 g/mol. The van der Waals surface area contributed by atoms with Gasteiger partial charge in [-0.05, 0) is 19.1 Å². The van der Waals surface area contributed by atoms with E-state index in [4.69, 9.17) is 10.2 Å². The number of aliphatic hydroxyl groups is 2. The fourth-order valence-electron chi connectivity index (χ4n) is 0.991. The molecule has 5 heteroatoms. The maximum Gasteiger partial charge on any atom is 0.251 e. The SMILES string of the molecule is Cc1ccc(C(=O)NCC(O)O)cc1.Cl. The summed E-state index contributed by atoms with van der Waals surface area (Å²) in [6.07, 6.45) is -1.51. The number of benzene rings is 1. The largest absolute Gasteiger partial charge is 0.367 e. The maximum absolute atomic E-state index is 11.3. The number of aliphatic hydroxyl groups excluding tert-OH is 1. The molecule has 0 bridgehead atoms. The van der Waals surface area contributed by atoms with E-state index in [0.717, 1.165) is 5.56 Å². The van der Waals surface area contributed by atoms with Crippen LogP contribution in [-0.4, -0.2) is 29.0 Å². The molecule has 0 fully saturated rings. The second kappa shape index (κ2) is 6.40. The van der Waals surface area contributed by atoms with Crippen LogP contribution in [-0.2, 0) is 0 Å². The molecule has 0 aliphatic heterocycles. The Morgan fingerprint density at radius 1 is 1.33 bits per heavy atom. The topological polar surface area (TPSA) is 69.6 Å². The van der Waals surface area contributed by atoms with Crippen molar-refractivity contribution in [2.75, 3.05) is 6.54 Å². The molecule has 0 heterocycles. The fourth-order valence-corrected chi connectivity index (χ4v) is 0.991. The standard InChI is InChI=1S/C10H13NO3.ClH/c1-7-2-4-8(5-3-7)10(14)11-6-9(12)13;/h2-5,9,12-13H,6H2,1H3,(H,11,14);1H. The van der Waals surface area contributed by atoms with Crippen molar-refractivity contribution >= 4 is 18.3 Å².